The Balaban J connectivity index is 1.61. The van der Waals surface area contributed by atoms with Gasteiger partial charge in [-0.15, -0.1) is 0 Å². The van der Waals surface area contributed by atoms with E-state index in [-0.39, 0.29) is 0 Å². The summed E-state index contributed by atoms with van der Waals surface area (Å²) in [4.78, 5) is 0. The van der Waals surface area contributed by atoms with Crippen LogP contribution in [0.25, 0.3) is 76.9 Å². The zero-order valence-electron chi connectivity index (χ0n) is 22.7. The summed E-state index contributed by atoms with van der Waals surface area (Å²) in [6.07, 6.45) is 0. The van der Waals surface area contributed by atoms with E-state index >= 15 is 0 Å². The van der Waals surface area contributed by atoms with E-state index in [2.05, 4.69) is 57.7 Å². The first-order chi connectivity index (χ1) is 21.3. The van der Waals surface area contributed by atoms with Crippen molar-refractivity contribution in [3.8, 4) is 23.5 Å². The van der Waals surface area contributed by atoms with Crippen molar-refractivity contribution in [3.05, 3.63) is 132 Å². The van der Waals surface area contributed by atoms with E-state index in [0.29, 0.717) is 33.7 Å². The standard InChI is InChI=1S/C38H20N4O/c39-21-28-36(41-30-16-6-1-11-23(30)24-12-2-7-17-31(24)41)29(22-40)38-35(27-15-5-10-20-34(27)43-38)37(28)42-32-18-8-3-13-25(32)26-14-4-9-19-33(26)42/h1-20H. The van der Waals surface area contributed by atoms with Crippen LogP contribution in [0.2, 0.25) is 0 Å². The van der Waals surface area contributed by atoms with Gasteiger partial charge in [0.15, 0.2) is 5.58 Å². The lowest BCUT2D eigenvalue weighted by Gasteiger charge is -2.18. The molecule has 9 rings (SSSR count). The first-order valence-corrected chi connectivity index (χ1v) is 14.1. The highest BCUT2D eigenvalue weighted by molar-refractivity contribution is 6.18. The number of nitrogens with zero attached hydrogens (tertiary/aromatic N) is 4. The summed E-state index contributed by atoms with van der Waals surface area (Å²) < 4.78 is 10.8. The molecule has 0 atom stereocenters. The molecule has 0 aliphatic rings. The van der Waals surface area contributed by atoms with Crippen molar-refractivity contribution >= 4 is 65.6 Å². The minimum atomic E-state index is 0.332. The van der Waals surface area contributed by atoms with Gasteiger partial charge in [0, 0.05) is 26.9 Å². The van der Waals surface area contributed by atoms with Crippen molar-refractivity contribution in [2.45, 2.75) is 0 Å². The van der Waals surface area contributed by atoms with Crippen molar-refractivity contribution in [1.29, 1.82) is 10.5 Å². The summed E-state index contributed by atoms with van der Waals surface area (Å²) in [6, 6.07) is 45.6. The molecule has 43 heavy (non-hydrogen) atoms. The van der Waals surface area contributed by atoms with Crippen molar-refractivity contribution in [2.24, 2.45) is 0 Å². The van der Waals surface area contributed by atoms with Crippen LogP contribution >= 0.6 is 0 Å². The van der Waals surface area contributed by atoms with E-state index in [9.17, 15) is 10.5 Å². The first kappa shape index (κ1) is 23.4. The number of hydrogen-bond donors (Lipinski definition) is 0. The van der Waals surface area contributed by atoms with Gasteiger partial charge in [0.1, 0.15) is 28.8 Å². The van der Waals surface area contributed by atoms with Crippen LogP contribution in [-0.2, 0) is 0 Å². The lowest BCUT2D eigenvalue weighted by atomic mass is 9.98. The van der Waals surface area contributed by atoms with Gasteiger partial charge in [-0.2, -0.15) is 10.5 Å². The van der Waals surface area contributed by atoms with Gasteiger partial charge < -0.3 is 13.6 Å². The fourth-order valence-corrected chi connectivity index (χ4v) is 6.91. The second kappa shape index (κ2) is 8.60. The maximum absolute atomic E-state index is 11.2. The van der Waals surface area contributed by atoms with Crippen LogP contribution in [0.4, 0.5) is 0 Å². The molecule has 0 radical (unpaired) electrons. The molecule has 0 unspecified atom stereocenters. The molecule has 0 spiro atoms. The Morgan fingerprint density at radius 2 is 0.837 bits per heavy atom. The second-order valence-electron chi connectivity index (χ2n) is 10.7. The molecule has 0 aliphatic heterocycles. The fraction of sp³-hybridized carbons (Fsp3) is 0. The molecule has 0 N–H and O–H groups in total. The maximum Gasteiger partial charge on any atom is 0.157 e. The van der Waals surface area contributed by atoms with Gasteiger partial charge in [-0.1, -0.05) is 91.0 Å². The zero-order valence-corrected chi connectivity index (χ0v) is 22.7. The van der Waals surface area contributed by atoms with E-state index in [1.807, 2.05) is 84.9 Å². The van der Waals surface area contributed by atoms with Gasteiger partial charge in [-0.05, 0) is 30.3 Å². The average Bonchev–Trinajstić information content (AvgIpc) is 3.72. The zero-order chi connectivity index (χ0) is 28.7. The monoisotopic (exact) mass is 548 g/mol. The van der Waals surface area contributed by atoms with Crippen LogP contribution in [-0.4, -0.2) is 9.13 Å². The highest BCUT2D eigenvalue weighted by Gasteiger charge is 2.30. The Labute approximate surface area is 245 Å². The quantitative estimate of drug-likeness (QED) is 0.216. The largest absolute Gasteiger partial charge is 0.454 e. The third-order valence-corrected chi connectivity index (χ3v) is 8.60. The Morgan fingerprint density at radius 1 is 0.442 bits per heavy atom. The number of para-hydroxylation sites is 5. The van der Waals surface area contributed by atoms with Crippen LogP contribution in [0.5, 0.6) is 0 Å². The number of aromatic nitrogens is 2. The third-order valence-electron chi connectivity index (χ3n) is 8.60. The van der Waals surface area contributed by atoms with Gasteiger partial charge in [-0.3, -0.25) is 0 Å². The molecule has 0 amide bonds. The van der Waals surface area contributed by atoms with Crippen LogP contribution in [0.15, 0.2) is 126 Å². The van der Waals surface area contributed by atoms with E-state index in [1.54, 1.807) is 0 Å². The molecule has 0 saturated carbocycles. The summed E-state index contributed by atoms with van der Waals surface area (Å²) in [7, 11) is 0. The number of hydrogen-bond acceptors (Lipinski definition) is 3. The van der Waals surface area contributed by atoms with Crippen LogP contribution in [0.3, 0.4) is 0 Å². The number of furan rings is 1. The minimum Gasteiger partial charge on any atom is -0.454 e. The lowest BCUT2D eigenvalue weighted by Crippen LogP contribution is -2.07. The van der Waals surface area contributed by atoms with Crippen LogP contribution < -0.4 is 0 Å². The Hall–Kier alpha value is -6.30. The molecule has 0 bridgehead atoms. The summed E-state index contributed by atoms with van der Waals surface area (Å²) in [6.45, 7) is 0. The van der Waals surface area contributed by atoms with Crippen LogP contribution in [0.1, 0.15) is 11.1 Å². The smallest absolute Gasteiger partial charge is 0.157 e. The van der Waals surface area contributed by atoms with Crippen LogP contribution in [0, 0.1) is 22.7 Å². The molecule has 6 aromatic carbocycles. The molecule has 3 aromatic heterocycles. The Kier molecular flexibility index (Phi) is 4.68. The minimum absolute atomic E-state index is 0.332. The molecule has 0 saturated heterocycles. The number of fused-ring (bicyclic) bond motifs is 9. The molecule has 5 nitrogen and oxygen atoms in total. The molecule has 198 valence electrons. The van der Waals surface area contributed by atoms with Crippen molar-refractivity contribution in [3.63, 3.8) is 0 Å². The predicted octanol–water partition coefficient (Wildman–Crippen LogP) is 9.52. The number of nitriles is 2. The highest BCUT2D eigenvalue weighted by atomic mass is 16.3. The van der Waals surface area contributed by atoms with Gasteiger partial charge in [0.25, 0.3) is 0 Å². The Bertz CT molecular complexity index is 2600. The number of benzene rings is 6. The summed E-state index contributed by atoms with van der Waals surface area (Å²) >= 11 is 0. The molecule has 0 aliphatic carbocycles. The normalized spacial score (nSPS) is 11.7. The topological polar surface area (TPSA) is 70.6 Å². The maximum atomic E-state index is 11.2. The highest BCUT2D eigenvalue weighted by Crippen LogP contribution is 2.45. The molecular formula is C38H20N4O. The SMILES string of the molecule is N#Cc1c(-n2c3ccccc3c3ccccc32)c(C#N)c2oc3ccccc3c2c1-n1c2ccccc2c2ccccc21. The second-order valence-corrected chi connectivity index (χ2v) is 10.7. The third kappa shape index (κ3) is 2.98. The summed E-state index contributed by atoms with van der Waals surface area (Å²) in [5, 5.41) is 27.9. The van der Waals surface area contributed by atoms with E-state index in [0.717, 1.165) is 54.4 Å². The molecule has 5 heteroatoms. The van der Waals surface area contributed by atoms with E-state index in [1.165, 1.54) is 0 Å². The molecular weight excluding hydrogens is 528 g/mol. The summed E-state index contributed by atoms with van der Waals surface area (Å²) in [5.41, 5.74) is 6.89. The Morgan fingerprint density at radius 3 is 1.30 bits per heavy atom. The fourth-order valence-electron chi connectivity index (χ4n) is 6.91. The number of rotatable bonds is 2. The van der Waals surface area contributed by atoms with Gasteiger partial charge >= 0.3 is 0 Å². The average molecular weight is 549 g/mol. The van der Waals surface area contributed by atoms with Gasteiger partial charge in [0.05, 0.1) is 38.8 Å². The first-order valence-electron chi connectivity index (χ1n) is 14.1. The van der Waals surface area contributed by atoms with Crippen molar-refractivity contribution in [1.82, 2.24) is 9.13 Å². The van der Waals surface area contributed by atoms with Crippen molar-refractivity contribution < 1.29 is 4.42 Å². The van der Waals surface area contributed by atoms with E-state index in [4.69, 9.17) is 4.42 Å². The summed E-state index contributed by atoms with van der Waals surface area (Å²) in [5.74, 6) is 0. The van der Waals surface area contributed by atoms with Gasteiger partial charge in [0.2, 0.25) is 0 Å². The molecule has 3 heterocycles. The molecule has 0 fully saturated rings. The predicted molar refractivity (Wildman–Crippen MR) is 172 cm³/mol. The van der Waals surface area contributed by atoms with Gasteiger partial charge in [-0.25, -0.2) is 0 Å². The molecule has 9 aromatic rings. The van der Waals surface area contributed by atoms with Crippen molar-refractivity contribution in [2.75, 3.05) is 0 Å². The van der Waals surface area contributed by atoms with E-state index < -0.39 is 0 Å². The lowest BCUT2D eigenvalue weighted by molar-refractivity contribution is 0.667.